The second-order valence-electron chi connectivity index (χ2n) is 4.93. The molecule has 1 unspecified atom stereocenters. The molecule has 5 heteroatoms. The van der Waals surface area contributed by atoms with Crippen molar-refractivity contribution in [3.8, 4) is 0 Å². The molecule has 19 heavy (non-hydrogen) atoms. The number of nitrogens with zero attached hydrogens (tertiary/aromatic N) is 4. The summed E-state index contributed by atoms with van der Waals surface area (Å²) in [6.45, 7) is 5.26. The predicted molar refractivity (Wildman–Crippen MR) is 76.0 cm³/mol. The van der Waals surface area contributed by atoms with Gasteiger partial charge in [-0.05, 0) is 20.4 Å². The van der Waals surface area contributed by atoms with Gasteiger partial charge in [-0.2, -0.15) is 5.10 Å². The van der Waals surface area contributed by atoms with Gasteiger partial charge in [-0.25, -0.2) is 4.98 Å². The average molecular weight is 261 g/mol. The molecule has 2 rings (SSSR count). The van der Waals surface area contributed by atoms with Gasteiger partial charge < -0.3 is 9.88 Å². The van der Waals surface area contributed by atoms with Crippen LogP contribution in [0.5, 0.6) is 0 Å². The quantitative estimate of drug-likeness (QED) is 0.863. The largest absolute Gasteiger partial charge is 0.335 e. The highest BCUT2D eigenvalue weighted by Crippen LogP contribution is 2.20. The van der Waals surface area contributed by atoms with E-state index < -0.39 is 0 Å². The van der Waals surface area contributed by atoms with Crippen molar-refractivity contribution in [1.29, 1.82) is 0 Å². The van der Waals surface area contributed by atoms with Gasteiger partial charge in [0.2, 0.25) is 0 Å². The molecule has 0 aromatic carbocycles. The molecule has 104 valence electrons. The highest BCUT2D eigenvalue weighted by molar-refractivity contribution is 5.21. The molecule has 0 saturated carbocycles. The molecule has 0 spiro atoms. The Bertz CT molecular complexity index is 526. The molecule has 0 aliphatic heterocycles. The van der Waals surface area contributed by atoms with E-state index in [0.29, 0.717) is 0 Å². The van der Waals surface area contributed by atoms with Crippen LogP contribution >= 0.6 is 0 Å². The van der Waals surface area contributed by atoms with Gasteiger partial charge in [-0.3, -0.25) is 4.68 Å². The van der Waals surface area contributed by atoms with Crippen LogP contribution in [0.2, 0.25) is 0 Å². The zero-order valence-electron chi connectivity index (χ0n) is 12.2. The van der Waals surface area contributed by atoms with E-state index >= 15 is 0 Å². The predicted octanol–water partition coefficient (Wildman–Crippen LogP) is 1.84. The van der Waals surface area contributed by atoms with Crippen LogP contribution in [-0.4, -0.2) is 26.4 Å². The number of nitrogens with one attached hydrogen (secondary N) is 1. The van der Waals surface area contributed by atoms with Gasteiger partial charge in [0.05, 0.1) is 5.69 Å². The molecule has 0 bridgehead atoms. The van der Waals surface area contributed by atoms with Crippen LogP contribution in [0.3, 0.4) is 0 Å². The summed E-state index contributed by atoms with van der Waals surface area (Å²) in [5.74, 6) is 1.13. The molecule has 1 atom stereocenters. The normalized spacial score (nSPS) is 12.8. The number of rotatable bonds is 6. The Hall–Kier alpha value is -1.62. The maximum absolute atomic E-state index is 4.48. The van der Waals surface area contributed by atoms with Gasteiger partial charge in [-0.1, -0.05) is 6.92 Å². The lowest BCUT2D eigenvalue weighted by Gasteiger charge is -2.16. The number of aromatic nitrogens is 4. The number of hydrogen-bond donors (Lipinski definition) is 1. The Morgan fingerprint density at radius 1 is 1.42 bits per heavy atom. The number of likely N-dealkylation sites (N-methyl/N-ethyl adjacent to an activating group) is 1. The van der Waals surface area contributed by atoms with E-state index in [1.54, 1.807) is 0 Å². The molecule has 2 aromatic heterocycles. The van der Waals surface area contributed by atoms with Crippen molar-refractivity contribution >= 4 is 0 Å². The van der Waals surface area contributed by atoms with E-state index in [4.69, 9.17) is 0 Å². The monoisotopic (exact) mass is 261 g/mol. The second kappa shape index (κ2) is 6.02. The zero-order valence-corrected chi connectivity index (χ0v) is 12.2. The topological polar surface area (TPSA) is 47.7 Å². The van der Waals surface area contributed by atoms with Crippen molar-refractivity contribution in [2.75, 3.05) is 7.05 Å². The minimum absolute atomic E-state index is 0.256. The highest BCUT2D eigenvalue weighted by Gasteiger charge is 2.17. The van der Waals surface area contributed by atoms with E-state index in [9.17, 15) is 0 Å². The fraction of sp³-hybridized carbons (Fsp3) is 0.571. The lowest BCUT2D eigenvalue weighted by molar-refractivity contribution is 0.541. The minimum Gasteiger partial charge on any atom is -0.335 e. The fourth-order valence-electron chi connectivity index (χ4n) is 2.48. The van der Waals surface area contributed by atoms with E-state index in [2.05, 4.69) is 46.2 Å². The number of imidazole rings is 1. The molecule has 5 nitrogen and oxygen atoms in total. The van der Waals surface area contributed by atoms with Crippen LogP contribution in [0.1, 0.15) is 36.5 Å². The third kappa shape index (κ3) is 3.04. The molecule has 1 N–H and O–H groups in total. The van der Waals surface area contributed by atoms with Crippen LogP contribution in [-0.2, 0) is 20.0 Å². The van der Waals surface area contributed by atoms with Crippen molar-refractivity contribution in [3.05, 3.63) is 35.7 Å². The summed E-state index contributed by atoms with van der Waals surface area (Å²) in [6.07, 6.45) is 8.04. The molecule has 2 heterocycles. The Kier molecular flexibility index (Phi) is 4.37. The number of aryl methyl sites for hydroxylation is 3. The zero-order chi connectivity index (χ0) is 13.8. The Morgan fingerprint density at radius 2 is 2.21 bits per heavy atom. The SMILES string of the molecule is CCCn1ccnc1CC(NC)c1cn(C)nc1C. The molecule has 0 amide bonds. The summed E-state index contributed by atoms with van der Waals surface area (Å²) in [4.78, 5) is 4.48. The lowest BCUT2D eigenvalue weighted by atomic mass is 10.0. The van der Waals surface area contributed by atoms with Gasteiger partial charge in [0.25, 0.3) is 0 Å². The van der Waals surface area contributed by atoms with Crippen LogP contribution in [0, 0.1) is 6.92 Å². The summed E-state index contributed by atoms with van der Waals surface area (Å²) < 4.78 is 4.10. The third-order valence-corrected chi connectivity index (χ3v) is 3.43. The van der Waals surface area contributed by atoms with Crippen LogP contribution in [0.25, 0.3) is 0 Å². The first kappa shape index (κ1) is 13.8. The highest BCUT2D eigenvalue weighted by atomic mass is 15.3. The average Bonchev–Trinajstić information content (AvgIpc) is 2.94. The van der Waals surface area contributed by atoms with Gasteiger partial charge in [-0.15, -0.1) is 0 Å². The summed E-state index contributed by atoms with van der Waals surface area (Å²) in [5.41, 5.74) is 2.33. The van der Waals surface area contributed by atoms with Gasteiger partial charge in [0.15, 0.2) is 0 Å². The minimum atomic E-state index is 0.256. The van der Waals surface area contributed by atoms with E-state index in [-0.39, 0.29) is 6.04 Å². The molecule has 0 saturated heterocycles. The Balaban J connectivity index is 2.19. The van der Waals surface area contributed by atoms with Crippen molar-refractivity contribution in [3.63, 3.8) is 0 Å². The Labute approximate surface area is 114 Å². The summed E-state index contributed by atoms with van der Waals surface area (Å²) in [7, 11) is 3.95. The molecular formula is C14H23N5. The van der Waals surface area contributed by atoms with Gasteiger partial charge >= 0.3 is 0 Å². The molecule has 0 aliphatic rings. The van der Waals surface area contributed by atoms with Crippen molar-refractivity contribution in [2.45, 2.75) is 39.3 Å². The lowest BCUT2D eigenvalue weighted by Crippen LogP contribution is -2.21. The van der Waals surface area contributed by atoms with E-state index in [0.717, 1.165) is 30.9 Å². The maximum Gasteiger partial charge on any atom is 0.110 e. The molecular weight excluding hydrogens is 238 g/mol. The second-order valence-corrected chi connectivity index (χ2v) is 4.93. The van der Waals surface area contributed by atoms with Crippen molar-refractivity contribution in [2.24, 2.45) is 7.05 Å². The standard InChI is InChI=1S/C14H23N5/c1-5-7-19-8-6-16-14(19)9-13(15-3)12-10-18(4)17-11(12)2/h6,8,10,13,15H,5,7,9H2,1-4H3. The van der Waals surface area contributed by atoms with E-state index in [1.807, 2.05) is 25.0 Å². The summed E-state index contributed by atoms with van der Waals surface area (Å²) in [5, 5.41) is 7.79. The van der Waals surface area contributed by atoms with E-state index in [1.165, 1.54) is 5.56 Å². The molecule has 2 aromatic rings. The number of hydrogen-bond acceptors (Lipinski definition) is 3. The first-order valence-corrected chi connectivity index (χ1v) is 6.83. The fourth-order valence-corrected chi connectivity index (χ4v) is 2.48. The van der Waals surface area contributed by atoms with Gasteiger partial charge in [0.1, 0.15) is 5.82 Å². The molecule has 0 aliphatic carbocycles. The Morgan fingerprint density at radius 3 is 2.79 bits per heavy atom. The van der Waals surface area contributed by atoms with Gasteiger partial charge in [0, 0.05) is 50.2 Å². The van der Waals surface area contributed by atoms with Crippen molar-refractivity contribution in [1.82, 2.24) is 24.6 Å². The summed E-state index contributed by atoms with van der Waals surface area (Å²) >= 11 is 0. The maximum atomic E-state index is 4.48. The van der Waals surface area contributed by atoms with Crippen LogP contribution in [0.4, 0.5) is 0 Å². The first-order chi connectivity index (χ1) is 9.15. The third-order valence-electron chi connectivity index (χ3n) is 3.43. The van der Waals surface area contributed by atoms with Crippen LogP contribution < -0.4 is 5.32 Å². The summed E-state index contributed by atoms with van der Waals surface area (Å²) in [6, 6.07) is 0.256. The van der Waals surface area contributed by atoms with Crippen LogP contribution in [0.15, 0.2) is 18.6 Å². The first-order valence-electron chi connectivity index (χ1n) is 6.83. The van der Waals surface area contributed by atoms with Crippen molar-refractivity contribution < 1.29 is 0 Å². The molecule has 0 radical (unpaired) electrons. The molecule has 0 fully saturated rings. The smallest absolute Gasteiger partial charge is 0.110 e.